The molecule has 65 heavy (non-hydrogen) atoms. The van der Waals surface area contributed by atoms with Gasteiger partial charge in [0.05, 0.1) is 29.7 Å². The summed E-state index contributed by atoms with van der Waals surface area (Å²) < 4.78 is 81.9. The molecule has 3 aromatic rings. The lowest BCUT2D eigenvalue weighted by Gasteiger charge is -2.42. The van der Waals surface area contributed by atoms with E-state index in [1.807, 2.05) is 19.9 Å². The van der Waals surface area contributed by atoms with Crippen LogP contribution in [0.2, 0.25) is 0 Å². The number of aromatic nitrogens is 1. The van der Waals surface area contributed by atoms with Crippen molar-refractivity contribution < 1.29 is 55.7 Å². The molecule has 4 amide bonds. The number of sulfonamides is 1. The molecule has 2 aliphatic heterocycles. The molecular formula is C47H59F2N5O10S. The van der Waals surface area contributed by atoms with Gasteiger partial charge in [0.1, 0.15) is 34.9 Å². The number of nitrogens with zero attached hydrogens (tertiary/aromatic N) is 3. The van der Waals surface area contributed by atoms with Crippen LogP contribution in [0, 0.1) is 11.8 Å². The van der Waals surface area contributed by atoms with Crippen LogP contribution in [0.4, 0.5) is 13.6 Å². The van der Waals surface area contributed by atoms with E-state index in [4.69, 9.17) is 19.2 Å². The van der Waals surface area contributed by atoms with Gasteiger partial charge in [-0.05, 0) is 115 Å². The highest BCUT2D eigenvalue weighted by molar-refractivity contribution is 7.91. The Morgan fingerprint density at radius 3 is 2.35 bits per heavy atom. The third-order valence-corrected chi connectivity index (χ3v) is 15.0. The lowest BCUT2D eigenvalue weighted by atomic mass is 9.91. The molecule has 7 atom stereocenters. The summed E-state index contributed by atoms with van der Waals surface area (Å²) in [7, 11) is -2.61. The number of carbonyl (C=O) groups is 4. The highest BCUT2D eigenvalue weighted by Gasteiger charge is 2.71. The smallest absolute Gasteiger partial charge is 0.408 e. The highest BCUT2D eigenvalue weighted by atomic mass is 32.2. The zero-order valence-electron chi connectivity index (χ0n) is 37.8. The van der Waals surface area contributed by atoms with E-state index in [-0.39, 0.29) is 29.6 Å². The number of nitrogens with one attached hydrogen (secondary N) is 2. The summed E-state index contributed by atoms with van der Waals surface area (Å²) in [5.41, 5.74) is -3.23. The second-order valence-corrected chi connectivity index (χ2v) is 20.4. The lowest BCUT2D eigenvalue weighted by Crippen LogP contribution is -2.64. The molecule has 3 heterocycles. The van der Waals surface area contributed by atoms with E-state index >= 15 is 13.6 Å². The van der Waals surface area contributed by atoms with Gasteiger partial charge in [-0.15, -0.1) is 0 Å². The SMILES string of the molecule is CCC(C)N(C(=O)O)[C@@H]1C(=O)N2[C@@H](C[C@@](C)(Oc3cc(-c4ccc(OC(C)C)cc4)nc4cc(OC)ccc34)C2(F)F)C(=O)N[C@]2(C(=O)NS(=O)(=O)C3CC3)C[C@H]2/C=C\CCCC[C@H]1C. The van der Waals surface area contributed by atoms with Gasteiger partial charge in [0.15, 0.2) is 5.60 Å². The molecule has 3 fully saturated rings. The highest BCUT2D eigenvalue weighted by Crippen LogP contribution is 2.51. The van der Waals surface area contributed by atoms with E-state index in [1.54, 1.807) is 69.3 Å². The molecule has 15 nitrogen and oxygen atoms in total. The average molecular weight is 924 g/mol. The maximum atomic E-state index is 18.0. The normalized spacial score (nSPS) is 27.9. The predicted octanol–water partition coefficient (Wildman–Crippen LogP) is 7.43. The maximum Gasteiger partial charge on any atom is 0.408 e. The average Bonchev–Trinajstić information content (AvgIpc) is 4.18. The third kappa shape index (κ3) is 9.32. The van der Waals surface area contributed by atoms with Gasteiger partial charge in [0, 0.05) is 41.5 Å². The van der Waals surface area contributed by atoms with E-state index in [1.165, 1.54) is 13.2 Å². The molecular weight excluding hydrogens is 865 g/mol. The standard InChI is InChI=1S/C47H59F2N5O10S/c1-8-29(5)53(44(58)59)40-28(4)13-11-9-10-12-14-31-25-46(31,43(57)52-65(60,61)34-20-21-34)51-41(55)38-26-45(6,47(48,49)54(38)42(40)56)64-39-24-36(30-15-17-32(18-16-30)63-27(2)3)50-37-23-33(62-7)19-22-35(37)39/h12,14-19,22-24,27-29,31,34,38,40H,8-11,13,20-21,25-26H2,1-7H3,(H,51,55)(H,52,57)(H,58,59)/b14-12-/t28-,29?,31-,38+,40+,45-,46-/m1/s1. The molecule has 18 heteroatoms. The monoisotopic (exact) mass is 923 g/mol. The van der Waals surface area contributed by atoms with Crippen molar-refractivity contribution in [3.05, 3.63) is 60.7 Å². The number of allylic oxidation sites excluding steroid dienone is 1. The van der Waals surface area contributed by atoms with Crippen LogP contribution in [0.15, 0.2) is 60.7 Å². The van der Waals surface area contributed by atoms with Gasteiger partial charge in [0.25, 0.3) is 11.8 Å². The van der Waals surface area contributed by atoms with Gasteiger partial charge in [-0.3, -0.25) is 28.9 Å². The summed E-state index contributed by atoms with van der Waals surface area (Å²) in [6.07, 6.45) is 4.04. The number of pyridine rings is 1. The molecule has 0 spiro atoms. The fourth-order valence-corrected chi connectivity index (χ4v) is 10.4. The summed E-state index contributed by atoms with van der Waals surface area (Å²) in [6.45, 7) is 9.82. The maximum absolute atomic E-state index is 18.0. The topological polar surface area (TPSA) is 194 Å². The molecule has 2 aromatic carbocycles. The summed E-state index contributed by atoms with van der Waals surface area (Å²) in [5, 5.41) is 12.8. The van der Waals surface area contributed by atoms with Crippen LogP contribution >= 0.6 is 0 Å². The van der Waals surface area contributed by atoms with Crippen molar-refractivity contribution in [2.75, 3.05) is 7.11 Å². The number of halogens is 2. The molecule has 3 N–H and O–H groups in total. The number of carboxylic acid groups (broad SMARTS) is 1. The number of rotatable bonds is 12. The lowest BCUT2D eigenvalue weighted by molar-refractivity contribution is -0.218. The van der Waals surface area contributed by atoms with Gasteiger partial charge >= 0.3 is 12.1 Å². The first-order valence-corrected chi connectivity index (χ1v) is 23.9. The molecule has 2 saturated carbocycles. The number of hydrogen-bond acceptors (Lipinski definition) is 10. The van der Waals surface area contributed by atoms with E-state index < -0.39 is 92.7 Å². The zero-order chi connectivity index (χ0) is 47.2. The van der Waals surface area contributed by atoms with Crippen LogP contribution in [0.3, 0.4) is 0 Å². The first-order valence-electron chi connectivity index (χ1n) is 22.4. The van der Waals surface area contributed by atoms with Gasteiger partial charge < -0.3 is 24.6 Å². The number of alkyl halides is 2. The van der Waals surface area contributed by atoms with Gasteiger partial charge in [-0.2, -0.15) is 8.78 Å². The largest absolute Gasteiger partial charge is 0.497 e. The number of hydrogen-bond donors (Lipinski definition) is 3. The van der Waals surface area contributed by atoms with Crippen LogP contribution in [-0.4, -0.2) is 106 Å². The number of ether oxygens (including phenoxy) is 3. The Kier molecular flexibility index (Phi) is 13.2. The van der Waals surface area contributed by atoms with Crippen molar-refractivity contribution in [2.45, 2.75) is 146 Å². The van der Waals surface area contributed by atoms with Crippen molar-refractivity contribution >= 4 is 44.7 Å². The molecule has 1 unspecified atom stereocenters. The summed E-state index contributed by atoms with van der Waals surface area (Å²) >= 11 is 0. The quantitative estimate of drug-likeness (QED) is 0.121. The number of carbonyl (C=O) groups excluding carboxylic acids is 3. The van der Waals surface area contributed by atoms with Crippen LogP contribution in [-0.2, 0) is 24.4 Å². The van der Waals surface area contributed by atoms with Crippen molar-refractivity contribution in [3.8, 4) is 28.5 Å². The Labute approximate surface area is 378 Å². The Hall–Kier alpha value is -5.52. The molecule has 1 saturated heterocycles. The summed E-state index contributed by atoms with van der Waals surface area (Å²) in [6, 6.07) is 4.59. The van der Waals surface area contributed by atoms with Crippen molar-refractivity contribution in [3.63, 3.8) is 0 Å². The number of benzene rings is 2. The second kappa shape index (κ2) is 18.0. The van der Waals surface area contributed by atoms with Crippen molar-refractivity contribution in [2.24, 2.45) is 11.8 Å². The third-order valence-electron chi connectivity index (χ3n) is 13.2. The molecule has 352 valence electrons. The number of methoxy groups -OCH3 is 1. The second-order valence-electron chi connectivity index (χ2n) is 18.4. The summed E-state index contributed by atoms with van der Waals surface area (Å²) in [4.78, 5) is 63.0. The Bertz CT molecular complexity index is 2470. The van der Waals surface area contributed by atoms with Crippen molar-refractivity contribution in [1.82, 2.24) is 24.8 Å². The van der Waals surface area contributed by atoms with Gasteiger partial charge in [-0.1, -0.05) is 32.4 Å². The zero-order valence-corrected chi connectivity index (χ0v) is 38.6. The molecule has 0 bridgehead atoms. The number of fused-ring (bicyclic) bond motifs is 3. The van der Waals surface area contributed by atoms with Crippen molar-refractivity contribution in [1.29, 1.82) is 0 Å². The van der Waals surface area contributed by atoms with Gasteiger partial charge in [-0.25, -0.2) is 18.2 Å². The fourth-order valence-electron chi connectivity index (χ4n) is 9.06. The molecule has 7 rings (SSSR count). The molecule has 4 aliphatic rings. The Morgan fingerprint density at radius 2 is 1.72 bits per heavy atom. The minimum absolute atomic E-state index is 0.0215. The Morgan fingerprint density at radius 1 is 1.03 bits per heavy atom. The van der Waals surface area contributed by atoms with Crippen LogP contribution in [0.25, 0.3) is 22.2 Å². The predicted molar refractivity (Wildman–Crippen MR) is 238 cm³/mol. The van der Waals surface area contributed by atoms with E-state index in [0.717, 1.165) is 11.8 Å². The Balaban J connectivity index is 1.35. The van der Waals surface area contributed by atoms with E-state index in [0.29, 0.717) is 72.2 Å². The van der Waals surface area contributed by atoms with E-state index in [9.17, 15) is 27.9 Å². The molecule has 2 aliphatic carbocycles. The molecule has 0 radical (unpaired) electrons. The number of amides is 4. The van der Waals surface area contributed by atoms with Crippen LogP contribution < -0.4 is 24.2 Å². The molecule has 1 aromatic heterocycles. The van der Waals surface area contributed by atoms with Gasteiger partial charge in [0.2, 0.25) is 15.9 Å². The van der Waals surface area contributed by atoms with Crippen LogP contribution in [0.5, 0.6) is 17.2 Å². The van der Waals surface area contributed by atoms with Crippen LogP contribution in [0.1, 0.15) is 99.3 Å². The summed E-state index contributed by atoms with van der Waals surface area (Å²) in [5.74, 6) is -3.93. The minimum Gasteiger partial charge on any atom is -0.497 e. The fraction of sp³-hybridized carbons (Fsp3) is 0.553. The first-order chi connectivity index (χ1) is 30.7. The first kappa shape index (κ1) is 47.4. The van der Waals surface area contributed by atoms with E-state index in [2.05, 4.69) is 10.0 Å². The minimum atomic E-state index is -4.30.